The standard InChI is InChI=1S/C18H18N2OS/c1-12-8-13(2)18(14(3)9-12)22-11-17(21)20-16-6-4-15(10-19)5-7-16/h4-9H,11H2,1-3H3,(H,20,21). The normalized spacial score (nSPS) is 10.1. The van der Waals surface area contributed by atoms with Gasteiger partial charge in [0.25, 0.3) is 0 Å². The van der Waals surface area contributed by atoms with E-state index in [9.17, 15) is 4.79 Å². The van der Waals surface area contributed by atoms with Crippen LogP contribution in [0.1, 0.15) is 22.3 Å². The Bertz CT molecular complexity index is 707. The Morgan fingerprint density at radius 1 is 1.14 bits per heavy atom. The fraction of sp³-hybridized carbons (Fsp3) is 0.222. The molecule has 2 aromatic rings. The number of amides is 1. The zero-order valence-corrected chi connectivity index (χ0v) is 13.8. The summed E-state index contributed by atoms with van der Waals surface area (Å²) in [6, 6.07) is 13.2. The maximum atomic E-state index is 12.0. The zero-order chi connectivity index (χ0) is 16.1. The molecule has 4 heteroatoms. The first kappa shape index (κ1) is 16.1. The summed E-state index contributed by atoms with van der Waals surface area (Å²) >= 11 is 1.55. The highest BCUT2D eigenvalue weighted by molar-refractivity contribution is 8.00. The predicted octanol–water partition coefficient (Wildman–Crippen LogP) is 4.21. The topological polar surface area (TPSA) is 52.9 Å². The van der Waals surface area contributed by atoms with Gasteiger partial charge in [0.15, 0.2) is 0 Å². The quantitative estimate of drug-likeness (QED) is 0.860. The summed E-state index contributed by atoms with van der Waals surface area (Å²) in [5, 5.41) is 11.6. The van der Waals surface area contributed by atoms with E-state index in [0.717, 1.165) is 0 Å². The van der Waals surface area contributed by atoms with E-state index in [0.29, 0.717) is 17.0 Å². The van der Waals surface area contributed by atoms with Crippen LogP contribution in [0.15, 0.2) is 41.3 Å². The van der Waals surface area contributed by atoms with Crippen LogP contribution in [0.3, 0.4) is 0 Å². The Hall–Kier alpha value is -2.25. The number of hydrogen-bond acceptors (Lipinski definition) is 3. The van der Waals surface area contributed by atoms with Crippen LogP contribution < -0.4 is 5.32 Å². The minimum absolute atomic E-state index is 0.0471. The number of carbonyl (C=O) groups excluding carboxylic acids is 1. The van der Waals surface area contributed by atoms with Crippen molar-refractivity contribution in [1.82, 2.24) is 0 Å². The lowest BCUT2D eigenvalue weighted by atomic mass is 10.1. The molecule has 0 aliphatic rings. The highest BCUT2D eigenvalue weighted by atomic mass is 32.2. The number of aryl methyl sites for hydroxylation is 3. The maximum Gasteiger partial charge on any atom is 0.234 e. The van der Waals surface area contributed by atoms with Crippen LogP contribution in [0.25, 0.3) is 0 Å². The number of benzene rings is 2. The molecule has 0 atom stereocenters. The van der Waals surface area contributed by atoms with Crippen molar-refractivity contribution in [2.24, 2.45) is 0 Å². The van der Waals surface area contributed by atoms with Gasteiger partial charge in [-0.1, -0.05) is 17.7 Å². The molecule has 0 saturated carbocycles. The van der Waals surface area contributed by atoms with Gasteiger partial charge in [0.05, 0.1) is 17.4 Å². The van der Waals surface area contributed by atoms with Gasteiger partial charge in [-0.05, 0) is 56.2 Å². The third kappa shape index (κ3) is 4.12. The molecule has 0 bridgehead atoms. The van der Waals surface area contributed by atoms with Crippen LogP contribution >= 0.6 is 11.8 Å². The van der Waals surface area contributed by atoms with Crippen LogP contribution in [0.2, 0.25) is 0 Å². The summed E-state index contributed by atoms with van der Waals surface area (Å²) in [5.41, 5.74) is 4.93. The summed E-state index contributed by atoms with van der Waals surface area (Å²) in [6.45, 7) is 6.22. The summed E-state index contributed by atoms with van der Waals surface area (Å²) < 4.78 is 0. The van der Waals surface area contributed by atoms with E-state index in [1.165, 1.54) is 21.6 Å². The highest BCUT2D eigenvalue weighted by Crippen LogP contribution is 2.27. The molecule has 22 heavy (non-hydrogen) atoms. The average molecular weight is 310 g/mol. The van der Waals surface area contributed by atoms with Gasteiger partial charge in [-0.25, -0.2) is 0 Å². The fourth-order valence-corrected chi connectivity index (χ4v) is 3.28. The number of rotatable bonds is 4. The number of nitrogens with one attached hydrogen (secondary N) is 1. The van der Waals surface area contributed by atoms with Gasteiger partial charge in [-0.3, -0.25) is 4.79 Å². The van der Waals surface area contributed by atoms with Gasteiger partial charge in [-0.2, -0.15) is 5.26 Å². The van der Waals surface area contributed by atoms with Gasteiger partial charge in [-0.15, -0.1) is 11.8 Å². The minimum atomic E-state index is -0.0471. The van der Waals surface area contributed by atoms with E-state index in [2.05, 4.69) is 44.3 Å². The third-order valence-corrected chi connectivity index (χ3v) is 4.59. The predicted molar refractivity (Wildman–Crippen MR) is 91.2 cm³/mol. The smallest absolute Gasteiger partial charge is 0.234 e. The van der Waals surface area contributed by atoms with Crippen molar-refractivity contribution in [2.45, 2.75) is 25.7 Å². The number of nitrogens with zero attached hydrogens (tertiary/aromatic N) is 1. The molecule has 0 aromatic heterocycles. The molecule has 0 radical (unpaired) electrons. The molecular weight excluding hydrogens is 292 g/mol. The zero-order valence-electron chi connectivity index (χ0n) is 12.9. The summed E-state index contributed by atoms with van der Waals surface area (Å²) in [4.78, 5) is 13.2. The molecule has 0 aliphatic carbocycles. The van der Waals surface area contributed by atoms with Crippen molar-refractivity contribution >= 4 is 23.4 Å². The molecule has 0 heterocycles. The van der Waals surface area contributed by atoms with Crippen LogP contribution in [0.5, 0.6) is 0 Å². The van der Waals surface area contributed by atoms with Crippen LogP contribution in [-0.2, 0) is 4.79 Å². The van der Waals surface area contributed by atoms with Crippen LogP contribution in [-0.4, -0.2) is 11.7 Å². The van der Waals surface area contributed by atoms with E-state index in [4.69, 9.17) is 5.26 Å². The van der Waals surface area contributed by atoms with Crippen LogP contribution in [0.4, 0.5) is 5.69 Å². The minimum Gasteiger partial charge on any atom is -0.325 e. The van der Waals surface area contributed by atoms with E-state index in [1.54, 1.807) is 36.0 Å². The lowest BCUT2D eigenvalue weighted by Crippen LogP contribution is -2.14. The lowest BCUT2D eigenvalue weighted by Gasteiger charge is -2.11. The molecule has 0 fully saturated rings. The van der Waals surface area contributed by atoms with Crippen molar-refractivity contribution in [3.8, 4) is 6.07 Å². The van der Waals surface area contributed by atoms with E-state index in [1.807, 2.05) is 0 Å². The molecular formula is C18H18N2OS. The number of carbonyl (C=O) groups is 1. The molecule has 0 unspecified atom stereocenters. The van der Waals surface area contributed by atoms with Gasteiger partial charge >= 0.3 is 0 Å². The third-order valence-electron chi connectivity index (χ3n) is 3.25. The van der Waals surface area contributed by atoms with Crippen molar-refractivity contribution in [3.63, 3.8) is 0 Å². The molecule has 1 N–H and O–H groups in total. The van der Waals surface area contributed by atoms with E-state index >= 15 is 0 Å². The van der Waals surface area contributed by atoms with Gasteiger partial charge in [0.1, 0.15) is 0 Å². The largest absolute Gasteiger partial charge is 0.325 e. The molecule has 0 saturated heterocycles. The van der Waals surface area contributed by atoms with Crippen molar-refractivity contribution in [1.29, 1.82) is 5.26 Å². The second kappa shape index (κ2) is 7.15. The van der Waals surface area contributed by atoms with Crippen LogP contribution in [0, 0.1) is 32.1 Å². The summed E-state index contributed by atoms with van der Waals surface area (Å²) in [7, 11) is 0. The Balaban J connectivity index is 1.97. The highest BCUT2D eigenvalue weighted by Gasteiger charge is 2.08. The molecule has 0 aliphatic heterocycles. The number of nitriles is 1. The Kier molecular flexibility index (Phi) is 5.24. The van der Waals surface area contributed by atoms with Crippen molar-refractivity contribution < 1.29 is 4.79 Å². The monoisotopic (exact) mass is 310 g/mol. The first-order chi connectivity index (χ1) is 10.5. The number of anilines is 1. The van der Waals surface area contributed by atoms with Gasteiger partial charge in [0.2, 0.25) is 5.91 Å². The molecule has 3 nitrogen and oxygen atoms in total. The molecule has 0 spiro atoms. The molecule has 2 aromatic carbocycles. The van der Waals surface area contributed by atoms with Gasteiger partial charge in [0, 0.05) is 10.6 Å². The number of thioether (sulfide) groups is 1. The summed E-state index contributed by atoms with van der Waals surface area (Å²) in [6.07, 6.45) is 0. The lowest BCUT2D eigenvalue weighted by molar-refractivity contribution is -0.113. The Morgan fingerprint density at radius 2 is 1.73 bits per heavy atom. The molecule has 2 rings (SSSR count). The first-order valence-electron chi connectivity index (χ1n) is 7.00. The fourth-order valence-electron chi connectivity index (χ4n) is 2.36. The SMILES string of the molecule is Cc1cc(C)c(SCC(=O)Nc2ccc(C#N)cc2)c(C)c1. The van der Waals surface area contributed by atoms with E-state index in [-0.39, 0.29) is 5.91 Å². The van der Waals surface area contributed by atoms with E-state index < -0.39 is 0 Å². The Labute approximate surface area is 135 Å². The second-order valence-electron chi connectivity index (χ2n) is 5.25. The summed E-state index contributed by atoms with van der Waals surface area (Å²) in [5.74, 6) is 0.319. The maximum absolute atomic E-state index is 12.0. The molecule has 1 amide bonds. The van der Waals surface area contributed by atoms with Gasteiger partial charge < -0.3 is 5.32 Å². The second-order valence-corrected chi connectivity index (χ2v) is 6.24. The molecule has 112 valence electrons. The van der Waals surface area contributed by atoms with Crippen molar-refractivity contribution in [3.05, 3.63) is 58.7 Å². The first-order valence-corrected chi connectivity index (χ1v) is 7.99. The Morgan fingerprint density at radius 3 is 2.27 bits per heavy atom. The number of hydrogen-bond donors (Lipinski definition) is 1. The average Bonchev–Trinajstić information content (AvgIpc) is 2.47. The van der Waals surface area contributed by atoms with Crippen molar-refractivity contribution in [2.75, 3.05) is 11.1 Å².